The number of phenols is 1. The minimum Gasteiger partial charge on any atom is -0.507 e. The number of esters is 1. The molecule has 1 aromatic carbocycles. The van der Waals surface area contributed by atoms with Crippen LogP contribution in [0, 0.1) is 5.92 Å². The Hall–Kier alpha value is -2.58. The predicted octanol–water partition coefficient (Wildman–Crippen LogP) is 1.21. The molecule has 0 fully saturated rings. The zero-order chi connectivity index (χ0) is 20.1. The van der Waals surface area contributed by atoms with Crippen LogP contribution in [0.15, 0.2) is 24.3 Å². The first-order chi connectivity index (χ1) is 12.7. The van der Waals surface area contributed by atoms with Crippen molar-refractivity contribution < 1.29 is 39.1 Å². The van der Waals surface area contributed by atoms with Crippen LogP contribution in [0.3, 0.4) is 0 Å². The molecule has 1 aliphatic rings. The minimum absolute atomic E-state index is 0.0114. The number of ether oxygens (including phenoxy) is 3. The van der Waals surface area contributed by atoms with Gasteiger partial charge in [0.2, 0.25) is 0 Å². The molecule has 2 rings (SSSR count). The Labute approximate surface area is 157 Å². The molecule has 148 valence electrons. The zero-order valence-electron chi connectivity index (χ0n) is 15.4. The van der Waals surface area contributed by atoms with Crippen molar-refractivity contribution in [2.75, 3.05) is 13.7 Å². The van der Waals surface area contributed by atoms with Crippen LogP contribution >= 0.6 is 0 Å². The van der Waals surface area contributed by atoms with E-state index in [9.17, 15) is 24.9 Å². The fraction of sp³-hybridized carbons (Fsp3) is 0.474. The summed E-state index contributed by atoms with van der Waals surface area (Å²) in [7, 11) is 1.39. The Morgan fingerprint density at radius 3 is 2.56 bits per heavy atom. The van der Waals surface area contributed by atoms with E-state index in [4.69, 9.17) is 14.2 Å². The van der Waals surface area contributed by atoms with Crippen LogP contribution in [-0.2, 0) is 9.53 Å². The molecule has 4 atom stereocenters. The first kappa shape index (κ1) is 20.7. The molecule has 0 amide bonds. The highest BCUT2D eigenvalue weighted by atomic mass is 16.5. The first-order valence-electron chi connectivity index (χ1n) is 8.57. The summed E-state index contributed by atoms with van der Waals surface area (Å²) < 4.78 is 15.9. The van der Waals surface area contributed by atoms with Gasteiger partial charge in [0.1, 0.15) is 35.0 Å². The molecule has 0 aromatic heterocycles. The van der Waals surface area contributed by atoms with E-state index in [1.54, 1.807) is 13.8 Å². The number of phenolic OH excluding ortho intramolecular Hbond substituents is 1. The molecule has 1 aliphatic heterocycles. The van der Waals surface area contributed by atoms with Crippen molar-refractivity contribution in [1.29, 1.82) is 0 Å². The number of aliphatic hydroxyl groups is 2. The molecular weight excluding hydrogens is 356 g/mol. The van der Waals surface area contributed by atoms with Crippen LogP contribution in [0.25, 0.3) is 0 Å². The Bertz CT molecular complexity index is 727. The predicted molar refractivity (Wildman–Crippen MR) is 95.0 cm³/mol. The van der Waals surface area contributed by atoms with Gasteiger partial charge < -0.3 is 29.5 Å². The van der Waals surface area contributed by atoms with Gasteiger partial charge in [-0.3, -0.25) is 4.79 Å². The number of ketones is 1. The van der Waals surface area contributed by atoms with Gasteiger partial charge in [0.15, 0.2) is 5.78 Å². The normalized spacial score (nSPS) is 28.3. The van der Waals surface area contributed by atoms with Crippen molar-refractivity contribution in [3.63, 3.8) is 0 Å². The molecule has 0 saturated carbocycles. The average molecular weight is 380 g/mol. The van der Waals surface area contributed by atoms with Gasteiger partial charge >= 0.3 is 5.97 Å². The second kappa shape index (κ2) is 8.88. The van der Waals surface area contributed by atoms with Gasteiger partial charge in [-0.25, -0.2) is 4.79 Å². The topological polar surface area (TPSA) is 123 Å². The molecule has 8 heteroatoms. The lowest BCUT2D eigenvalue weighted by Gasteiger charge is -2.21. The number of fused-ring (bicyclic) bond motifs is 1. The van der Waals surface area contributed by atoms with Crippen LogP contribution in [0.1, 0.15) is 30.6 Å². The van der Waals surface area contributed by atoms with Gasteiger partial charge in [0.25, 0.3) is 0 Å². The third-order valence-corrected chi connectivity index (χ3v) is 4.42. The summed E-state index contributed by atoms with van der Waals surface area (Å²) in [5, 5.41) is 30.1. The fourth-order valence-electron chi connectivity index (χ4n) is 2.49. The van der Waals surface area contributed by atoms with E-state index in [1.807, 2.05) is 0 Å². The Balaban J connectivity index is 2.41. The summed E-state index contributed by atoms with van der Waals surface area (Å²) in [6.07, 6.45) is -0.970. The van der Waals surface area contributed by atoms with E-state index in [0.717, 1.165) is 6.08 Å². The molecule has 8 nitrogen and oxygen atoms in total. The van der Waals surface area contributed by atoms with E-state index in [0.29, 0.717) is 0 Å². The van der Waals surface area contributed by atoms with Crippen molar-refractivity contribution in [1.82, 2.24) is 0 Å². The van der Waals surface area contributed by atoms with Gasteiger partial charge in [0.05, 0.1) is 19.8 Å². The lowest BCUT2D eigenvalue weighted by atomic mass is 10.0. The molecular formula is C19H24O8. The summed E-state index contributed by atoms with van der Waals surface area (Å²) in [6, 6.07) is 2.67. The average Bonchev–Trinajstić information content (AvgIpc) is 2.63. The molecule has 1 heterocycles. The number of benzene rings is 1. The molecule has 0 bridgehead atoms. The van der Waals surface area contributed by atoms with E-state index in [-0.39, 0.29) is 41.8 Å². The van der Waals surface area contributed by atoms with Crippen molar-refractivity contribution in [2.24, 2.45) is 5.92 Å². The van der Waals surface area contributed by atoms with Gasteiger partial charge in [0, 0.05) is 24.5 Å². The maximum Gasteiger partial charge on any atom is 0.346 e. The zero-order valence-corrected chi connectivity index (χ0v) is 15.4. The molecule has 3 N–H and O–H groups in total. The van der Waals surface area contributed by atoms with E-state index in [1.165, 1.54) is 25.3 Å². The molecule has 27 heavy (non-hydrogen) atoms. The summed E-state index contributed by atoms with van der Waals surface area (Å²) in [5.74, 6) is -1.88. The highest BCUT2D eigenvalue weighted by Crippen LogP contribution is 2.34. The number of methoxy groups -OCH3 is 1. The Kier molecular flexibility index (Phi) is 6.81. The van der Waals surface area contributed by atoms with E-state index in [2.05, 4.69) is 0 Å². The summed E-state index contributed by atoms with van der Waals surface area (Å²) in [6.45, 7) is 3.24. The second-order valence-electron chi connectivity index (χ2n) is 6.40. The van der Waals surface area contributed by atoms with Gasteiger partial charge in [-0.05, 0) is 13.0 Å². The van der Waals surface area contributed by atoms with Crippen LogP contribution in [0.4, 0.5) is 0 Å². The number of aliphatic hydroxyl groups excluding tert-OH is 2. The standard InChI is InChI=1S/C19H24O8/c1-10-4-5-13(20)18(23)14(21)6-7-26-16-9-12(25-3)8-15(22)17(16)19(24)27-11(10)2/h4-5,8-11,14,18,21-23H,6-7H2,1-3H3/b5-4-/t10-,11+,14+,18-/m1/s1. The SMILES string of the molecule is COc1cc(O)c2c(c1)OCC[C@H](O)[C@H](O)C(=O)/C=C\[C@@H](C)[C@H](C)OC2=O. The number of rotatable bonds is 1. The van der Waals surface area contributed by atoms with Crippen molar-refractivity contribution in [2.45, 2.75) is 38.6 Å². The first-order valence-corrected chi connectivity index (χ1v) is 8.57. The van der Waals surface area contributed by atoms with Crippen LogP contribution < -0.4 is 9.47 Å². The number of aromatic hydroxyl groups is 1. The quantitative estimate of drug-likeness (QED) is 0.622. The summed E-state index contributed by atoms with van der Waals surface area (Å²) in [4.78, 5) is 24.5. The van der Waals surface area contributed by atoms with Crippen molar-refractivity contribution in [3.05, 3.63) is 29.8 Å². The molecule has 0 radical (unpaired) electrons. The van der Waals surface area contributed by atoms with Gasteiger partial charge in [-0.1, -0.05) is 13.0 Å². The second-order valence-corrected chi connectivity index (χ2v) is 6.40. The maximum absolute atomic E-state index is 12.5. The largest absolute Gasteiger partial charge is 0.507 e. The fourth-order valence-corrected chi connectivity index (χ4v) is 2.49. The van der Waals surface area contributed by atoms with Gasteiger partial charge in [-0.2, -0.15) is 0 Å². The lowest BCUT2D eigenvalue weighted by Crippen LogP contribution is -2.34. The van der Waals surface area contributed by atoms with Crippen LogP contribution in [-0.4, -0.2) is 59.1 Å². The Morgan fingerprint density at radius 1 is 1.19 bits per heavy atom. The summed E-state index contributed by atoms with van der Waals surface area (Å²) in [5.41, 5.74) is -0.165. The van der Waals surface area contributed by atoms with E-state index < -0.39 is 30.1 Å². The molecule has 0 aliphatic carbocycles. The number of hydrogen-bond acceptors (Lipinski definition) is 8. The van der Waals surface area contributed by atoms with Gasteiger partial charge in [-0.15, -0.1) is 0 Å². The number of carbonyl (C=O) groups is 2. The van der Waals surface area contributed by atoms with Crippen molar-refractivity contribution >= 4 is 11.8 Å². The summed E-state index contributed by atoms with van der Waals surface area (Å²) >= 11 is 0. The van der Waals surface area contributed by atoms with Crippen LogP contribution in [0.2, 0.25) is 0 Å². The third-order valence-electron chi connectivity index (χ3n) is 4.42. The highest BCUT2D eigenvalue weighted by Gasteiger charge is 2.27. The van der Waals surface area contributed by atoms with Crippen LogP contribution in [0.5, 0.6) is 17.2 Å². The molecule has 0 unspecified atom stereocenters. The number of hydrogen-bond donors (Lipinski definition) is 3. The smallest absolute Gasteiger partial charge is 0.346 e. The maximum atomic E-state index is 12.5. The molecule has 0 spiro atoms. The number of cyclic esters (lactones) is 1. The molecule has 1 aromatic rings. The highest BCUT2D eigenvalue weighted by molar-refractivity contribution is 5.96. The van der Waals surface area contributed by atoms with E-state index >= 15 is 0 Å². The monoisotopic (exact) mass is 380 g/mol. The minimum atomic E-state index is -1.59. The molecule has 0 saturated heterocycles. The number of carbonyl (C=O) groups excluding carboxylic acids is 2. The third kappa shape index (κ3) is 4.99. The van der Waals surface area contributed by atoms with Crippen molar-refractivity contribution in [3.8, 4) is 17.2 Å². The Morgan fingerprint density at radius 2 is 1.89 bits per heavy atom. The lowest BCUT2D eigenvalue weighted by molar-refractivity contribution is -0.128.